The van der Waals surface area contributed by atoms with Crippen molar-refractivity contribution in [3.8, 4) is 5.75 Å². The van der Waals surface area contributed by atoms with E-state index in [0.717, 1.165) is 22.2 Å². The molecule has 0 amide bonds. The summed E-state index contributed by atoms with van der Waals surface area (Å²) in [6, 6.07) is 10.1. The van der Waals surface area contributed by atoms with Crippen LogP contribution >= 0.6 is 15.9 Å². The number of rotatable bonds is 7. The number of hydrogen-bond donors (Lipinski definition) is 3. The van der Waals surface area contributed by atoms with Crippen LogP contribution in [0.2, 0.25) is 0 Å². The van der Waals surface area contributed by atoms with E-state index in [1.807, 2.05) is 12.1 Å². The maximum absolute atomic E-state index is 12.9. The highest BCUT2D eigenvalue weighted by molar-refractivity contribution is 9.10. The zero-order valence-corrected chi connectivity index (χ0v) is 17.9. The number of methoxy groups -OCH3 is 1. The van der Waals surface area contributed by atoms with Crippen molar-refractivity contribution in [3.05, 3.63) is 58.1 Å². The molecule has 0 bridgehead atoms. The van der Waals surface area contributed by atoms with Crippen molar-refractivity contribution in [2.75, 3.05) is 30.2 Å². The predicted octanol–water partition coefficient (Wildman–Crippen LogP) is 4.89. The molecule has 3 aromatic rings. The van der Waals surface area contributed by atoms with Gasteiger partial charge in [-0.3, -0.25) is 0 Å². The molecule has 0 saturated heterocycles. The zero-order chi connectivity index (χ0) is 22.4. The van der Waals surface area contributed by atoms with Gasteiger partial charge in [0.15, 0.2) is 0 Å². The predicted molar refractivity (Wildman–Crippen MR) is 116 cm³/mol. The molecule has 2 aromatic carbocycles. The highest BCUT2D eigenvalue weighted by atomic mass is 79.9. The monoisotopic (exact) mass is 495 g/mol. The molecule has 0 aliphatic heterocycles. The Labute approximate surface area is 184 Å². The topological polar surface area (TPSA) is 96.4 Å². The standard InChI is InChI=1S/C19H17BrF3N7O/c1-24-16-27-17(26-13-5-3-4-12(9-13)19(21,22)23)29-18(28-16)30-25-10-11-6-7-15(31-2)14(20)8-11/h3-10H,1-2H3,(H3,24,26,27,28,29,30)/b25-10+. The second-order valence-electron chi connectivity index (χ2n) is 6.02. The average Bonchev–Trinajstić information content (AvgIpc) is 2.73. The summed E-state index contributed by atoms with van der Waals surface area (Å²) in [5.74, 6) is 1.03. The van der Waals surface area contributed by atoms with Crippen molar-refractivity contribution in [1.82, 2.24) is 15.0 Å². The number of anilines is 4. The molecule has 0 unspecified atom stereocenters. The van der Waals surface area contributed by atoms with Crippen LogP contribution < -0.4 is 20.8 Å². The van der Waals surface area contributed by atoms with Crippen molar-refractivity contribution in [2.45, 2.75) is 6.18 Å². The normalized spacial score (nSPS) is 11.4. The lowest BCUT2D eigenvalue weighted by Crippen LogP contribution is -2.08. The lowest BCUT2D eigenvalue weighted by atomic mass is 10.2. The van der Waals surface area contributed by atoms with Gasteiger partial charge in [-0.1, -0.05) is 6.07 Å². The van der Waals surface area contributed by atoms with Crippen LogP contribution in [0.4, 0.5) is 36.7 Å². The number of ether oxygens (including phenoxy) is 1. The van der Waals surface area contributed by atoms with E-state index in [1.165, 1.54) is 12.1 Å². The SMILES string of the molecule is CNc1nc(N/N=C/c2ccc(OC)c(Br)c2)nc(Nc2cccc(C(F)(F)F)c2)n1. The third-order valence-corrected chi connectivity index (χ3v) is 4.48. The maximum Gasteiger partial charge on any atom is 0.416 e. The van der Waals surface area contributed by atoms with Crippen molar-refractivity contribution in [2.24, 2.45) is 5.10 Å². The Morgan fingerprint density at radius 1 is 1.03 bits per heavy atom. The van der Waals surface area contributed by atoms with Crippen LogP contribution in [0.3, 0.4) is 0 Å². The highest BCUT2D eigenvalue weighted by Gasteiger charge is 2.30. The van der Waals surface area contributed by atoms with Crippen molar-refractivity contribution in [1.29, 1.82) is 0 Å². The number of nitrogens with one attached hydrogen (secondary N) is 3. The summed E-state index contributed by atoms with van der Waals surface area (Å²) in [6.45, 7) is 0. The first-order valence-electron chi connectivity index (χ1n) is 8.79. The van der Waals surface area contributed by atoms with Crippen molar-refractivity contribution < 1.29 is 17.9 Å². The fourth-order valence-electron chi connectivity index (χ4n) is 2.42. The Morgan fingerprint density at radius 3 is 2.45 bits per heavy atom. The summed E-state index contributed by atoms with van der Waals surface area (Å²) in [6.07, 6.45) is -2.91. The molecule has 3 N–H and O–H groups in total. The Balaban J connectivity index is 1.77. The molecular weight excluding hydrogens is 479 g/mol. The van der Waals surface area contributed by atoms with E-state index in [1.54, 1.807) is 26.4 Å². The van der Waals surface area contributed by atoms with Crippen LogP contribution in [0.1, 0.15) is 11.1 Å². The highest BCUT2D eigenvalue weighted by Crippen LogP contribution is 2.31. The Kier molecular flexibility index (Phi) is 6.90. The molecule has 0 fully saturated rings. The lowest BCUT2D eigenvalue weighted by molar-refractivity contribution is -0.137. The maximum atomic E-state index is 12.9. The fourth-order valence-corrected chi connectivity index (χ4v) is 2.98. The summed E-state index contributed by atoms with van der Waals surface area (Å²) in [5.41, 5.74) is 2.86. The van der Waals surface area contributed by atoms with Crippen LogP contribution in [-0.4, -0.2) is 35.3 Å². The van der Waals surface area contributed by atoms with Gasteiger partial charge in [-0.2, -0.15) is 33.2 Å². The Bertz CT molecular complexity index is 1090. The van der Waals surface area contributed by atoms with Gasteiger partial charge in [0.1, 0.15) is 5.75 Å². The largest absolute Gasteiger partial charge is 0.496 e. The summed E-state index contributed by atoms with van der Waals surface area (Å²) in [5, 5.41) is 9.59. The van der Waals surface area contributed by atoms with Gasteiger partial charge in [-0.05, 0) is 57.9 Å². The number of aromatic nitrogens is 3. The Hall–Kier alpha value is -3.41. The number of alkyl halides is 3. The minimum absolute atomic E-state index is 0.0450. The minimum Gasteiger partial charge on any atom is -0.496 e. The first-order valence-corrected chi connectivity index (χ1v) is 9.58. The van der Waals surface area contributed by atoms with Gasteiger partial charge >= 0.3 is 6.18 Å². The molecule has 0 spiro atoms. The summed E-state index contributed by atoms with van der Waals surface area (Å²) >= 11 is 3.39. The van der Waals surface area contributed by atoms with E-state index in [-0.39, 0.29) is 23.5 Å². The van der Waals surface area contributed by atoms with E-state index < -0.39 is 11.7 Å². The molecule has 0 aliphatic rings. The number of hydrogen-bond acceptors (Lipinski definition) is 8. The minimum atomic E-state index is -4.45. The molecule has 0 atom stereocenters. The van der Waals surface area contributed by atoms with Crippen LogP contribution in [0.25, 0.3) is 0 Å². The first-order chi connectivity index (χ1) is 14.8. The quantitative estimate of drug-likeness (QED) is 0.317. The Morgan fingerprint density at radius 2 is 1.77 bits per heavy atom. The van der Waals surface area contributed by atoms with E-state index in [2.05, 4.69) is 52.0 Å². The molecule has 0 aliphatic carbocycles. The molecule has 0 radical (unpaired) electrons. The van der Waals surface area contributed by atoms with Crippen LogP contribution in [0.15, 0.2) is 52.0 Å². The number of hydrazone groups is 1. The van der Waals surface area contributed by atoms with Gasteiger partial charge < -0.3 is 15.4 Å². The van der Waals surface area contributed by atoms with Crippen molar-refractivity contribution in [3.63, 3.8) is 0 Å². The molecule has 1 heterocycles. The molecule has 8 nitrogen and oxygen atoms in total. The van der Waals surface area contributed by atoms with Gasteiger partial charge in [0.05, 0.1) is 23.4 Å². The van der Waals surface area contributed by atoms with Crippen LogP contribution in [0, 0.1) is 0 Å². The second-order valence-corrected chi connectivity index (χ2v) is 6.88. The average molecular weight is 496 g/mol. The molecule has 0 saturated carbocycles. The summed E-state index contributed by atoms with van der Waals surface area (Å²) in [7, 11) is 3.17. The molecule has 12 heteroatoms. The van der Waals surface area contributed by atoms with E-state index in [0.29, 0.717) is 5.75 Å². The number of nitrogens with zero attached hydrogens (tertiary/aromatic N) is 4. The van der Waals surface area contributed by atoms with Gasteiger partial charge in [-0.25, -0.2) is 5.43 Å². The fraction of sp³-hybridized carbons (Fsp3) is 0.158. The molecule has 31 heavy (non-hydrogen) atoms. The van der Waals surface area contributed by atoms with Crippen LogP contribution in [0.5, 0.6) is 5.75 Å². The summed E-state index contributed by atoms with van der Waals surface area (Å²) < 4.78 is 44.7. The van der Waals surface area contributed by atoms with E-state index in [4.69, 9.17) is 4.74 Å². The first kappa shape index (κ1) is 22.3. The molecule has 162 valence electrons. The van der Waals surface area contributed by atoms with Gasteiger partial charge in [0, 0.05) is 12.7 Å². The zero-order valence-electron chi connectivity index (χ0n) is 16.3. The number of halogens is 4. The second kappa shape index (κ2) is 9.60. The van der Waals surface area contributed by atoms with E-state index in [9.17, 15) is 13.2 Å². The summed E-state index contributed by atoms with van der Waals surface area (Å²) in [4.78, 5) is 12.4. The number of benzene rings is 2. The smallest absolute Gasteiger partial charge is 0.416 e. The van der Waals surface area contributed by atoms with Gasteiger partial charge in [0.25, 0.3) is 0 Å². The molecule has 1 aromatic heterocycles. The lowest BCUT2D eigenvalue weighted by Gasteiger charge is -2.11. The van der Waals surface area contributed by atoms with Crippen LogP contribution in [-0.2, 0) is 6.18 Å². The van der Waals surface area contributed by atoms with Crippen molar-refractivity contribution >= 4 is 45.7 Å². The molecule has 3 rings (SSSR count). The van der Waals surface area contributed by atoms with Gasteiger partial charge in [-0.15, -0.1) is 0 Å². The molecular formula is C19H17BrF3N7O. The van der Waals surface area contributed by atoms with E-state index >= 15 is 0 Å². The van der Waals surface area contributed by atoms with Gasteiger partial charge in [0.2, 0.25) is 17.8 Å². The third kappa shape index (κ3) is 6.04. The third-order valence-electron chi connectivity index (χ3n) is 3.86.